The van der Waals surface area contributed by atoms with Crippen molar-refractivity contribution in [1.82, 2.24) is 0 Å². The number of hydrogen-bond acceptors (Lipinski definition) is 3. The molecule has 0 bridgehead atoms. The molecule has 1 N–H and O–H groups in total. The van der Waals surface area contributed by atoms with Crippen molar-refractivity contribution < 1.29 is 13.2 Å². The van der Waals surface area contributed by atoms with Crippen LogP contribution < -0.4 is 9.62 Å². The highest BCUT2D eigenvalue weighted by Gasteiger charge is 2.18. The minimum absolute atomic E-state index is 0.157. The molecule has 2 aromatic carbocycles. The maximum atomic E-state index is 12.3. The van der Waals surface area contributed by atoms with Crippen LogP contribution in [0.25, 0.3) is 0 Å². The minimum Gasteiger partial charge on any atom is -0.326 e. The Balaban J connectivity index is 2.03. The summed E-state index contributed by atoms with van der Waals surface area (Å²) in [5.74, 6) is -0.157. The highest BCUT2D eigenvalue weighted by atomic mass is 35.5. The molecule has 0 heterocycles. The molecule has 0 aliphatic carbocycles. The molecule has 2 rings (SSSR count). The van der Waals surface area contributed by atoms with Crippen molar-refractivity contribution in [2.45, 2.75) is 26.7 Å². The molecule has 0 atom stereocenters. The van der Waals surface area contributed by atoms with E-state index < -0.39 is 10.0 Å². The van der Waals surface area contributed by atoms with Crippen LogP contribution in [0.3, 0.4) is 0 Å². The summed E-state index contributed by atoms with van der Waals surface area (Å²) in [4.78, 5) is 12.3. The number of hydrogen-bond donors (Lipinski definition) is 1. The van der Waals surface area contributed by atoms with E-state index in [2.05, 4.69) is 5.32 Å². The summed E-state index contributed by atoms with van der Waals surface area (Å²) in [6.07, 6.45) is 1.68. The second kappa shape index (κ2) is 8.95. The molecule has 0 spiro atoms. The van der Waals surface area contributed by atoms with Gasteiger partial charge in [0.15, 0.2) is 0 Å². The Bertz CT molecular complexity index is 926. The molecule has 0 aliphatic rings. The van der Waals surface area contributed by atoms with Gasteiger partial charge in [-0.05, 0) is 49.6 Å². The summed E-state index contributed by atoms with van der Waals surface area (Å²) < 4.78 is 25.5. The van der Waals surface area contributed by atoms with Crippen LogP contribution in [0, 0.1) is 13.8 Å². The fourth-order valence-corrected chi connectivity index (χ4v) is 3.97. The molecule has 2 aromatic rings. The van der Waals surface area contributed by atoms with Crippen LogP contribution in [0.5, 0.6) is 0 Å². The maximum Gasteiger partial charge on any atom is 0.232 e. The number of sulfonamides is 1. The Kier molecular flexibility index (Phi) is 7.14. The van der Waals surface area contributed by atoms with Crippen molar-refractivity contribution in [2.75, 3.05) is 22.4 Å². The molecule has 0 unspecified atom stereocenters. The van der Waals surface area contributed by atoms with E-state index in [1.165, 1.54) is 10.4 Å². The number of carbonyl (C=O) groups excluding carboxylic acids is 1. The van der Waals surface area contributed by atoms with Gasteiger partial charge in [0.25, 0.3) is 0 Å². The first-order chi connectivity index (χ1) is 12.6. The zero-order valence-corrected chi connectivity index (χ0v) is 17.7. The number of carbonyl (C=O) groups is 1. The first-order valence-corrected chi connectivity index (χ1v) is 11.0. The van der Waals surface area contributed by atoms with Gasteiger partial charge in [-0.1, -0.05) is 41.4 Å². The Morgan fingerprint density at radius 2 is 1.70 bits per heavy atom. The van der Waals surface area contributed by atoms with E-state index in [-0.39, 0.29) is 23.9 Å². The SMILES string of the molecule is Cc1cccc(C)c1NC(=O)CCCN(c1ccc(Cl)c(Cl)c1)S(C)(=O)=O. The first kappa shape index (κ1) is 21.5. The molecule has 1 amide bonds. The second-order valence-electron chi connectivity index (χ2n) is 6.35. The standard InChI is InChI=1S/C19H22Cl2N2O3S/c1-13-6-4-7-14(2)19(13)22-18(24)8-5-11-23(27(3,25)26)15-9-10-16(20)17(21)12-15/h4,6-7,9-10,12H,5,8,11H2,1-3H3,(H,22,24). The summed E-state index contributed by atoms with van der Waals surface area (Å²) in [6.45, 7) is 4.02. The van der Waals surface area contributed by atoms with Crippen LogP contribution in [0.4, 0.5) is 11.4 Å². The highest BCUT2D eigenvalue weighted by Crippen LogP contribution is 2.28. The molecule has 5 nitrogen and oxygen atoms in total. The minimum atomic E-state index is -3.52. The normalized spacial score (nSPS) is 11.3. The molecule has 0 fully saturated rings. The summed E-state index contributed by atoms with van der Waals surface area (Å²) in [6, 6.07) is 10.4. The van der Waals surface area contributed by atoms with Crippen molar-refractivity contribution in [3.05, 3.63) is 57.6 Å². The average molecular weight is 429 g/mol. The number of halogens is 2. The molecule has 0 aliphatic heterocycles. The number of anilines is 2. The fraction of sp³-hybridized carbons (Fsp3) is 0.316. The third-order valence-corrected chi connectivity index (χ3v) is 6.04. The number of para-hydroxylation sites is 1. The van der Waals surface area contributed by atoms with Crippen molar-refractivity contribution in [3.63, 3.8) is 0 Å². The van der Waals surface area contributed by atoms with Crippen LogP contribution in [0.1, 0.15) is 24.0 Å². The number of aryl methyl sites for hydroxylation is 2. The van der Waals surface area contributed by atoms with Gasteiger partial charge in [-0.25, -0.2) is 8.42 Å². The van der Waals surface area contributed by atoms with Crippen molar-refractivity contribution in [3.8, 4) is 0 Å². The first-order valence-electron chi connectivity index (χ1n) is 8.38. The summed E-state index contributed by atoms with van der Waals surface area (Å²) in [5, 5.41) is 3.52. The molecular weight excluding hydrogens is 407 g/mol. The molecule has 146 valence electrons. The third-order valence-electron chi connectivity index (χ3n) is 4.10. The summed E-state index contributed by atoms with van der Waals surface area (Å²) in [5.41, 5.74) is 3.18. The van der Waals surface area contributed by atoms with Crippen LogP contribution >= 0.6 is 23.2 Å². The van der Waals surface area contributed by atoms with Crippen LogP contribution in [0.2, 0.25) is 10.0 Å². The molecule has 0 saturated heterocycles. The van der Waals surface area contributed by atoms with E-state index in [4.69, 9.17) is 23.2 Å². The number of rotatable bonds is 7. The van der Waals surface area contributed by atoms with E-state index in [9.17, 15) is 13.2 Å². The van der Waals surface area contributed by atoms with E-state index >= 15 is 0 Å². The van der Waals surface area contributed by atoms with Crippen LogP contribution in [0.15, 0.2) is 36.4 Å². The van der Waals surface area contributed by atoms with Gasteiger partial charge in [-0.3, -0.25) is 9.10 Å². The summed E-state index contributed by atoms with van der Waals surface area (Å²) in [7, 11) is -3.52. The second-order valence-corrected chi connectivity index (χ2v) is 9.07. The van der Waals surface area contributed by atoms with Gasteiger partial charge in [0.05, 0.1) is 22.0 Å². The van der Waals surface area contributed by atoms with Gasteiger partial charge in [0.1, 0.15) is 0 Å². The predicted molar refractivity (Wildman–Crippen MR) is 112 cm³/mol. The van der Waals surface area contributed by atoms with Gasteiger partial charge in [0, 0.05) is 18.7 Å². The lowest BCUT2D eigenvalue weighted by Gasteiger charge is -2.22. The van der Waals surface area contributed by atoms with E-state index in [0.29, 0.717) is 17.1 Å². The van der Waals surface area contributed by atoms with Crippen LogP contribution in [-0.2, 0) is 14.8 Å². The van der Waals surface area contributed by atoms with E-state index in [1.807, 2.05) is 32.0 Å². The van der Waals surface area contributed by atoms with Crippen molar-refractivity contribution >= 4 is 50.5 Å². The van der Waals surface area contributed by atoms with Crippen LogP contribution in [-0.4, -0.2) is 27.1 Å². The van der Waals surface area contributed by atoms with Gasteiger partial charge >= 0.3 is 0 Å². The van der Waals surface area contributed by atoms with Gasteiger partial charge in [-0.15, -0.1) is 0 Å². The smallest absolute Gasteiger partial charge is 0.232 e. The Morgan fingerprint density at radius 3 is 2.26 bits per heavy atom. The average Bonchev–Trinajstić information content (AvgIpc) is 2.57. The van der Waals surface area contributed by atoms with Crippen molar-refractivity contribution in [1.29, 1.82) is 0 Å². The third kappa shape index (κ3) is 5.86. The lowest BCUT2D eigenvalue weighted by Crippen LogP contribution is -2.31. The van der Waals surface area contributed by atoms with Crippen molar-refractivity contribution in [2.24, 2.45) is 0 Å². The number of nitrogens with zero attached hydrogens (tertiary/aromatic N) is 1. The Morgan fingerprint density at radius 1 is 1.07 bits per heavy atom. The monoisotopic (exact) mass is 428 g/mol. The quantitative estimate of drug-likeness (QED) is 0.688. The predicted octanol–water partition coefficient (Wildman–Crippen LogP) is 4.80. The van der Waals surface area contributed by atoms with E-state index in [0.717, 1.165) is 23.1 Å². The van der Waals surface area contributed by atoms with Gasteiger partial charge < -0.3 is 5.32 Å². The topological polar surface area (TPSA) is 66.5 Å². The Hall–Kier alpha value is -1.76. The number of benzene rings is 2. The molecule has 0 aromatic heterocycles. The summed E-state index contributed by atoms with van der Waals surface area (Å²) >= 11 is 11.9. The Labute approximate surface area is 170 Å². The highest BCUT2D eigenvalue weighted by molar-refractivity contribution is 7.92. The number of nitrogens with one attached hydrogen (secondary N) is 1. The maximum absolute atomic E-state index is 12.3. The molecule has 8 heteroatoms. The number of amides is 1. The zero-order valence-electron chi connectivity index (χ0n) is 15.4. The molecule has 0 radical (unpaired) electrons. The lowest BCUT2D eigenvalue weighted by molar-refractivity contribution is -0.116. The molecule has 0 saturated carbocycles. The molecular formula is C19H22Cl2N2O3S. The zero-order chi connectivity index (χ0) is 20.2. The van der Waals surface area contributed by atoms with Gasteiger partial charge in [-0.2, -0.15) is 0 Å². The fourth-order valence-electron chi connectivity index (χ4n) is 2.72. The molecule has 27 heavy (non-hydrogen) atoms. The largest absolute Gasteiger partial charge is 0.326 e. The lowest BCUT2D eigenvalue weighted by atomic mass is 10.1. The van der Waals surface area contributed by atoms with E-state index in [1.54, 1.807) is 12.1 Å². The van der Waals surface area contributed by atoms with Gasteiger partial charge in [0.2, 0.25) is 15.9 Å².